The molecule has 13 heavy (non-hydrogen) atoms. The van der Waals surface area contributed by atoms with Crippen molar-refractivity contribution in [1.29, 1.82) is 5.26 Å². The van der Waals surface area contributed by atoms with Gasteiger partial charge in [-0.1, -0.05) is 13.8 Å². The summed E-state index contributed by atoms with van der Waals surface area (Å²) in [7, 11) is 0. The van der Waals surface area contributed by atoms with E-state index in [-0.39, 0.29) is 6.04 Å². The minimum atomic E-state index is 0.0207. The van der Waals surface area contributed by atoms with Crippen LogP contribution in [-0.4, -0.2) is 36.6 Å². The largest absolute Gasteiger partial charge is 0.301 e. The third-order valence-electron chi connectivity index (χ3n) is 2.51. The molecule has 0 aromatic rings. The molecule has 0 aromatic heterocycles. The zero-order chi connectivity index (χ0) is 9.68. The Labute approximate surface area is 80.7 Å². The number of nitrogens with one attached hydrogen (secondary N) is 1. The maximum Gasteiger partial charge on any atom is 0.108 e. The Balaban J connectivity index is 2.24. The van der Waals surface area contributed by atoms with Crippen LogP contribution in [0.15, 0.2) is 0 Å². The first-order chi connectivity index (χ1) is 6.30. The number of nitriles is 1. The van der Waals surface area contributed by atoms with Crippen molar-refractivity contribution in [2.45, 2.75) is 38.8 Å². The van der Waals surface area contributed by atoms with Gasteiger partial charge in [-0.05, 0) is 25.9 Å². The Kier molecular flexibility index (Phi) is 4.20. The van der Waals surface area contributed by atoms with Gasteiger partial charge in [-0.2, -0.15) is 5.26 Å². The summed E-state index contributed by atoms with van der Waals surface area (Å²) in [6.07, 6.45) is 2.49. The van der Waals surface area contributed by atoms with Gasteiger partial charge in [0.05, 0.1) is 6.07 Å². The average molecular weight is 181 g/mol. The van der Waals surface area contributed by atoms with E-state index in [1.54, 1.807) is 0 Å². The number of rotatable bonds is 6. The molecular formula is C10H19N3. The molecule has 1 N–H and O–H groups in total. The molecule has 0 spiro atoms. The normalized spacial score (nSPS) is 18.6. The molecule has 1 fully saturated rings. The van der Waals surface area contributed by atoms with Gasteiger partial charge in [-0.3, -0.25) is 5.32 Å². The molecule has 0 bridgehead atoms. The molecule has 1 aliphatic carbocycles. The Morgan fingerprint density at radius 2 is 2.08 bits per heavy atom. The predicted molar refractivity (Wildman–Crippen MR) is 53.3 cm³/mol. The van der Waals surface area contributed by atoms with E-state index in [0.717, 1.165) is 19.6 Å². The van der Waals surface area contributed by atoms with E-state index >= 15 is 0 Å². The molecule has 1 saturated carbocycles. The van der Waals surface area contributed by atoms with Gasteiger partial charge in [0.25, 0.3) is 0 Å². The lowest BCUT2D eigenvalue weighted by molar-refractivity contribution is 0.283. The molecule has 3 nitrogen and oxygen atoms in total. The summed E-state index contributed by atoms with van der Waals surface area (Å²) in [6, 6.07) is 2.97. The highest BCUT2D eigenvalue weighted by molar-refractivity contribution is 4.97. The monoisotopic (exact) mass is 181 g/mol. The van der Waals surface area contributed by atoms with Crippen molar-refractivity contribution in [1.82, 2.24) is 10.2 Å². The molecule has 3 heteroatoms. The van der Waals surface area contributed by atoms with Crippen molar-refractivity contribution >= 4 is 0 Å². The van der Waals surface area contributed by atoms with Gasteiger partial charge in [0.1, 0.15) is 6.04 Å². The molecule has 1 unspecified atom stereocenters. The molecule has 1 aliphatic rings. The van der Waals surface area contributed by atoms with E-state index in [9.17, 15) is 0 Å². The summed E-state index contributed by atoms with van der Waals surface area (Å²) in [6.45, 7) is 7.19. The Bertz CT molecular complexity index is 177. The standard InChI is InChI=1S/C10H19N3/c1-3-13(4-2)8-10(7-11)12-9-5-6-9/h9-10,12H,3-6,8H2,1-2H3. The Morgan fingerprint density at radius 1 is 1.46 bits per heavy atom. The molecule has 0 radical (unpaired) electrons. The van der Waals surface area contributed by atoms with Crippen molar-refractivity contribution < 1.29 is 0 Å². The van der Waals surface area contributed by atoms with Gasteiger partial charge in [-0.15, -0.1) is 0 Å². The summed E-state index contributed by atoms with van der Waals surface area (Å²) in [5.41, 5.74) is 0. The lowest BCUT2D eigenvalue weighted by Gasteiger charge is -2.21. The molecule has 0 saturated heterocycles. The first-order valence-electron chi connectivity index (χ1n) is 5.18. The van der Waals surface area contributed by atoms with Crippen LogP contribution < -0.4 is 5.32 Å². The van der Waals surface area contributed by atoms with Crippen LogP contribution in [0.3, 0.4) is 0 Å². The third-order valence-corrected chi connectivity index (χ3v) is 2.51. The van der Waals surface area contributed by atoms with Crippen LogP contribution >= 0.6 is 0 Å². The lowest BCUT2D eigenvalue weighted by Crippen LogP contribution is -2.41. The molecule has 1 atom stereocenters. The lowest BCUT2D eigenvalue weighted by atomic mass is 10.3. The van der Waals surface area contributed by atoms with Gasteiger partial charge in [-0.25, -0.2) is 0 Å². The fourth-order valence-electron chi connectivity index (χ4n) is 1.41. The van der Waals surface area contributed by atoms with Crippen LogP contribution in [0.5, 0.6) is 0 Å². The summed E-state index contributed by atoms with van der Waals surface area (Å²) in [5.74, 6) is 0. The second kappa shape index (κ2) is 5.21. The Morgan fingerprint density at radius 3 is 2.46 bits per heavy atom. The second-order valence-electron chi connectivity index (χ2n) is 3.61. The van der Waals surface area contributed by atoms with Crippen LogP contribution in [0.25, 0.3) is 0 Å². The van der Waals surface area contributed by atoms with Crippen molar-refractivity contribution in [3.8, 4) is 6.07 Å². The van der Waals surface area contributed by atoms with Crippen LogP contribution in [-0.2, 0) is 0 Å². The van der Waals surface area contributed by atoms with E-state index in [4.69, 9.17) is 5.26 Å². The highest BCUT2D eigenvalue weighted by Crippen LogP contribution is 2.19. The minimum absolute atomic E-state index is 0.0207. The zero-order valence-corrected chi connectivity index (χ0v) is 8.58. The number of hydrogen-bond acceptors (Lipinski definition) is 3. The van der Waals surface area contributed by atoms with Crippen molar-refractivity contribution in [3.05, 3.63) is 0 Å². The van der Waals surface area contributed by atoms with Crippen molar-refractivity contribution in [2.24, 2.45) is 0 Å². The highest BCUT2D eigenvalue weighted by Gasteiger charge is 2.24. The summed E-state index contributed by atoms with van der Waals surface area (Å²) < 4.78 is 0. The van der Waals surface area contributed by atoms with E-state index in [2.05, 4.69) is 30.1 Å². The first-order valence-corrected chi connectivity index (χ1v) is 5.18. The molecule has 0 amide bonds. The van der Waals surface area contributed by atoms with E-state index in [1.807, 2.05) is 0 Å². The van der Waals surface area contributed by atoms with Gasteiger partial charge >= 0.3 is 0 Å². The Hall–Kier alpha value is -0.590. The number of likely N-dealkylation sites (N-methyl/N-ethyl adjacent to an activating group) is 1. The third kappa shape index (κ3) is 3.75. The number of hydrogen-bond donors (Lipinski definition) is 1. The molecular weight excluding hydrogens is 162 g/mol. The van der Waals surface area contributed by atoms with Crippen LogP contribution in [0.1, 0.15) is 26.7 Å². The van der Waals surface area contributed by atoms with E-state index in [1.165, 1.54) is 12.8 Å². The van der Waals surface area contributed by atoms with Gasteiger partial charge in [0.15, 0.2) is 0 Å². The SMILES string of the molecule is CCN(CC)CC(C#N)NC1CC1. The fourth-order valence-corrected chi connectivity index (χ4v) is 1.41. The molecule has 74 valence electrons. The zero-order valence-electron chi connectivity index (χ0n) is 8.58. The smallest absolute Gasteiger partial charge is 0.108 e. The maximum absolute atomic E-state index is 8.90. The molecule has 0 aliphatic heterocycles. The maximum atomic E-state index is 8.90. The summed E-state index contributed by atoms with van der Waals surface area (Å²) in [4.78, 5) is 2.28. The second-order valence-corrected chi connectivity index (χ2v) is 3.61. The topological polar surface area (TPSA) is 39.1 Å². The van der Waals surface area contributed by atoms with Crippen LogP contribution in [0.4, 0.5) is 0 Å². The van der Waals surface area contributed by atoms with Crippen molar-refractivity contribution in [3.63, 3.8) is 0 Å². The molecule has 1 rings (SSSR count). The van der Waals surface area contributed by atoms with Gasteiger partial charge in [0, 0.05) is 12.6 Å². The first kappa shape index (κ1) is 10.5. The van der Waals surface area contributed by atoms with Crippen LogP contribution in [0, 0.1) is 11.3 Å². The molecule has 0 aromatic carbocycles. The molecule has 0 heterocycles. The van der Waals surface area contributed by atoms with E-state index < -0.39 is 0 Å². The fraction of sp³-hybridized carbons (Fsp3) is 0.900. The summed E-state index contributed by atoms with van der Waals surface area (Å²) in [5, 5.41) is 12.2. The van der Waals surface area contributed by atoms with Gasteiger partial charge in [0.2, 0.25) is 0 Å². The number of nitrogens with zero attached hydrogens (tertiary/aromatic N) is 2. The van der Waals surface area contributed by atoms with Gasteiger partial charge < -0.3 is 4.90 Å². The minimum Gasteiger partial charge on any atom is -0.301 e. The quantitative estimate of drug-likeness (QED) is 0.663. The predicted octanol–water partition coefficient (Wildman–Crippen LogP) is 0.972. The average Bonchev–Trinajstić information content (AvgIpc) is 2.95. The summed E-state index contributed by atoms with van der Waals surface area (Å²) >= 11 is 0. The van der Waals surface area contributed by atoms with Crippen LogP contribution in [0.2, 0.25) is 0 Å². The van der Waals surface area contributed by atoms with E-state index in [0.29, 0.717) is 6.04 Å². The highest BCUT2D eigenvalue weighted by atomic mass is 15.1. The van der Waals surface area contributed by atoms with Crippen molar-refractivity contribution in [2.75, 3.05) is 19.6 Å².